The smallest absolute Gasteiger partial charge is 0.246 e. The van der Waals surface area contributed by atoms with Crippen molar-refractivity contribution < 1.29 is 9.15 Å². The van der Waals surface area contributed by atoms with Crippen molar-refractivity contribution in [1.29, 1.82) is 0 Å². The second-order valence-corrected chi connectivity index (χ2v) is 5.86. The van der Waals surface area contributed by atoms with Crippen molar-refractivity contribution in [2.75, 3.05) is 13.1 Å². The van der Waals surface area contributed by atoms with E-state index >= 15 is 0 Å². The minimum absolute atomic E-state index is 0.0947. The lowest BCUT2D eigenvalue weighted by molar-refractivity contribution is -0.0917. The third-order valence-corrected chi connectivity index (χ3v) is 3.93. The molecule has 0 amide bonds. The van der Waals surface area contributed by atoms with Crippen molar-refractivity contribution in [2.45, 2.75) is 32.6 Å². The molecule has 1 saturated heterocycles. The third-order valence-electron chi connectivity index (χ3n) is 3.93. The van der Waals surface area contributed by atoms with Gasteiger partial charge in [-0.15, -0.1) is 10.2 Å². The zero-order chi connectivity index (χ0) is 15.8. The van der Waals surface area contributed by atoms with Gasteiger partial charge in [-0.25, -0.2) is 4.98 Å². The normalized spacial score (nSPS) is 22.7. The molecule has 1 fully saturated rings. The molecule has 2 atom stereocenters. The summed E-state index contributed by atoms with van der Waals surface area (Å²) in [7, 11) is 0. The van der Waals surface area contributed by atoms with Crippen molar-refractivity contribution in [3.8, 4) is 0 Å². The van der Waals surface area contributed by atoms with Crippen LogP contribution >= 0.6 is 0 Å². The number of nitrogens with zero attached hydrogens (tertiary/aromatic N) is 5. The molecule has 0 saturated carbocycles. The molecule has 1 N–H and O–H groups in total. The molecular weight excluding hydrogens is 296 g/mol. The van der Waals surface area contributed by atoms with E-state index in [1.165, 1.54) is 0 Å². The first kappa shape index (κ1) is 14.3. The average Bonchev–Trinajstić information content (AvgIpc) is 3.14. The lowest BCUT2D eigenvalue weighted by atomic mass is 10.2. The predicted molar refractivity (Wildman–Crippen MR) is 81.5 cm³/mol. The molecular formula is C15H18N6O2. The van der Waals surface area contributed by atoms with Gasteiger partial charge in [-0.2, -0.15) is 0 Å². The van der Waals surface area contributed by atoms with Crippen LogP contribution < -0.4 is 0 Å². The summed E-state index contributed by atoms with van der Waals surface area (Å²) in [6.07, 6.45) is 5.27. The SMILES string of the molecule is Cc1nnc([C@H]2CN(Cc3c[nH]c4nccnc34)C[C@@H](C)O2)o1. The van der Waals surface area contributed by atoms with Crippen LogP contribution in [0.5, 0.6) is 0 Å². The van der Waals surface area contributed by atoms with E-state index in [9.17, 15) is 0 Å². The Kier molecular flexibility index (Phi) is 3.55. The lowest BCUT2D eigenvalue weighted by Crippen LogP contribution is -2.42. The topological polar surface area (TPSA) is 93.0 Å². The van der Waals surface area contributed by atoms with E-state index in [1.54, 1.807) is 19.3 Å². The highest BCUT2D eigenvalue weighted by Crippen LogP contribution is 2.26. The summed E-state index contributed by atoms with van der Waals surface area (Å²) in [5, 5.41) is 7.98. The molecule has 8 heteroatoms. The Morgan fingerprint density at radius 3 is 2.96 bits per heavy atom. The van der Waals surface area contributed by atoms with Crippen molar-refractivity contribution in [3.05, 3.63) is 35.9 Å². The highest BCUT2D eigenvalue weighted by atomic mass is 16.5. The maximum atomic E-state index is 5.95. The number of nitrogens with one attached hydrogen (secondary N) is 1. The molecule has 0 aromatic carbocycles. The van der Waals surface area contributed by atoms with Gasteiger partial charge in [-0.05, 0) is 6.92 Å². The van der Waals surface area contributed by atoms with Crippen LogP contribution in [0.2, 0.25) is 0 Å². The first-order valence-electron chi connectivity index (χ1n) is 7.64. The summed E-state index contributed by atoms with van der Waals surface area (Å²) in [5.41, 5.74) is 2.85. The summed E-state index contributed by atoms with van der Waals surface area (Å²) in [5.74, 6) is 1.10. The zero-order valence-corrected chi connectivity index (χ0v) is 13.1. The number of aromatic amines is 1. The fraction of sp³-hybridized carbons (Fsp3) is 0.467. The van der Waals surface area contributed by atoms with Crippen LogP contribution in [-0.2, 0) is 11.3 Å². The Balaban J connectivity index is 1.54. The van der Waals surface area contributed by atoms with Gasteiger partial charge in [0.2, 0.25) is 11.8 Å². The standard InChI is InChI=1S/C15H18N6O2/c1-9-6-21(8-12(22-9)15-20-19-10(2)23-15)7-11-5-18-14-13(11)16-3-4-17-14/h3-5,9,12H,6-8H2,1-2H3,(H,17,18)/t9-,12-/m1/s1. The van der Waals surface area contributed by atoms with E-state index < -0.39 is 0 Å². The molecule has 1 aliphatic rings. The number of H-pyrrole nitrogens is 1. The number of rotatable bonds is 3. The Bertz CT molecular complexity index is 813. The maximum absolute atomic E-state index is 5.95. The molecule has 3 aromatic rings. The number of aryl methyl sites for hydroxylation is 1. The van der Waals surface area contributed by atoms with Crippen LogP contribution in [0.1, 0.15) is 30.4 Å². The Morgan fingerprint density at radius 1 is 1.26 bits per heavy atom. The van der Waals surface area contributed by atoms with E-state index in [-0.39, 0.29) is 12.2 Å². The highest BCUT2D eigenvalue weighted by Gasteiger charge is 2.30. The van der Waals surface area contributed by atoms with Gasteiger partial charge >= 0.3 is 0 Å². The van der Waals surface area contributed by atoms with E-state index in [4.69, 9.17) is 9.15 Å². The lowest BCUT2D eigenvalue weighted by Gasteiger charge is -2.35. The van der Waals surface area contributed by atoms with Gasteiger partial charge in [-0.1, -0.05) is 0 Å². The summed E-state index contributed by atoms with van der Waals surface area (Å²) in [6.45, 7) is 6.16. The number of aromatic nitrogens is 5. The minimum atomic E-state index is -0.198. The van der Waals surface area contributed by atoms with Crippen molar-refractivity contribution in [3.63, 3.8) is 0 Å². The van der Waals surface area contributed by atoms with Gasteiger partial charge in [0.1, 0.15) is 11.6 Å². The Morgan fingerprint density at radius 2 is 2.13 bits per heavy atom. The molecule has 0 unspecified atom stereocenters. The van der Waals surface area contributed by atoms with E-state index in [1.807, 2.05) is 6.20 Å². The van der Waals surface area contributed by atoms with E-state index in [0.717, 1.165) is 29.8 Å². The fourth-order valence-corrected chi connectivity index (χ4v) is 3.01. The second kappa shape index (κ2) is 5.71. The summed E-state index contributed by atoms with van der Waals surface area (Å²) in [6, 6.07) is 0. The van der Waals surface area contributed by atoms with E-state index in [2.05, 4.69) is 37.0 Å². The predicted octanol–water partition coefficient (Wildman–Crippen LogP) is 1.61. The first-order chi connectivity index (χ1) is 11.2. The molecule has 120 valence electrons. The summed E-state index contributed by atoms with van der Waals surface area (Å²) >= 11 is 0. The molecule has 4 rings (SSSR count). The van der Waals surface area contributed by atoms with Crippen LogP contribution in [0.25, 0.3) is 11.2 Å². The molecule has 0 bridgehead atoms. The van der Waals surface area contributed by atoms with Crippen LogP contribution in [-0.4, -0.2) is 49.2 Å². The van der Waals surface area contributed by atoms with Gasteiger partial charge in [0.05, 0.1) is 6.10 Å². The van der Waals surface area contributed by atoms with Crippen LogP contribution in [0, 0.1) is 6.92 Å². The fourth-order valence-electron chi connectivity index (χ4n) is 3.01. The molecule has 1 aliphatic heterocycles. The van der Waals surface area contributed by atoms with Gasteiger partial charge in [0.25, 0.3) is 0 Å². The van der Waals surface area contributed by atoms with Crippen molar-refractivity contribution >= 4 is 11.2 Å². The van der Waals surface area contributed by atoms with Crippen LogP contribution in [0.3, 0.4) is 0 Å². The minimum Gasteiger partial charge on any atom is -0.423 e. The molecule has 4 heterocycles. The second-order valence-electron chi connectivity index (χ2n) is 5.86. The van der Waals surface area contributed by atoms with Gasteiger partial charge in [0.15, 0.2) is 5.65 Å². The van der Waals surface area contributed by atoms with Gasteiger partial charge in [-0.3, -0.25) is 9.88 Å². The quantitative estimate of drug-likeness (QED) is 0.785. The van der Waals surface area contributed by atoms with Gasteiger partial charge < -0.3 is 14.1 Å². The largest absolute Gasteiger partial charge is 0.423 e. The number of hydrogen-bond acceptors (Lipinski definition) is 7. The third kappa shape index (κ3) is 2.82. The number of hydrogen-bond donors (Lipinski definition) is 1. The molecule has 0 spiro atoms. The molecule has 0 radical (unpaired) electrons. The van der Waals surface area contributed by atoms with Crippen LogP contribution in [0.15, 0.2) is 23.0 Å². The summed E-state index contributed by atoms with van der Waals surface area (Å²) < 4.78 is 11.5. The zero-order valence-electron chi connectivity index (χ0n) is 13.1. The molecule has 23 heavy (non-hydrogen) atoms. The number of morpholine rings is 1. The molecule has 0 aliphatic carbocycles. The number of fused-ring (bicyclic) bond motifs is 1. The Hall–Kier alpha value is -2.32. The summed E-state index contributed by atoms with van der Waals surface area (Å²) in [4.78, 5) is 14.2. The van der Waals surface area contributed by atoms with Gasteiger partial charge in [0, 0.05) is 50.7 Å². The van der Waals surface area contributed by atoms with E-state index in [0.29, 0.717) is 18.3 Å². The maximum Gasteiger partial charge on any atom is 0.246 e. The number of ether oxygens (including phenoxy) is 1. The Labute approximate surface area is 132 Å². The highest BCUT2D eigenvalue weighted by molar-refractivity contribution is 5.74. The van der Waals surface area contributed by atoms with Crippen molar-refractivity contribution in [1.82, 2.24) is 30.0 Å². The molecule has 3 aromatic heterocycles. The molecule has 8 nitrogen and oxygen atoms in total. The first-order valence-corrected chi connectivity index (χ1v) is 7.64. The average molecular weight is 314 g/mol. The monoisotopic (exact) mass is 314 g/mol. The van der Waals surface area contributed by atoms with Crippen LogP contribution in [0.4, 0.5) is 0 Å². The van der Waals surface area contributed by atoms with Crippen molar-refractivity contribution in [2.24, 2.45) is 0 Å².